The Kier molecular flexibility index (Phi) is 3.39. The van der Waals surface area contributed by atoms with Gasteiger partial charge in [0.2, 0.25) is 0 Å². The quantitative estimate of drug-likeness (QED) is 0.572. The minimum Gasteiger partial charge on any atom is -0.390 e. The van der Waals surface area contributed by atoms with E-state index in [1.165, 1.54) is 5.56 Å². The maximum absolute atomic E-state index is 11.0. The second kappa shape index (κ2) is 5.12. The van der Waals surface area contributed by atoms with Crippen molar-refractivity contribution in [1.82, 2.24) is 10.2 Å². The summed E-state index contributed by atoms with van der Waals surface area (Å²) in [5.41, 5.74) is 0.962. The lowest BCUT2D eigenvalue weighted by atomic mass is 9.44. The molecule has 0 radical (unpaired) electrons. The third-order valence-corrected chi connectivity index (χ3v) is 9.61. The van der Waals surface area contributed by atoms with Gasteiger partial charge in [0.1, 0.15) is 0 Å². The first-order chi connectivity index (χ1) is 12.2. The van der Waals surface area contributed by atoms with Crippen molar-refractivity contribution in [3.63, 3.8) is 0 Å². The largest absolute Gasteiger partial charge is 0.390 e. The highest BCUT2D eigenvalue weighted by Crippen LogP contribution is 2.68. The van der Waals surface area contributed by atoms with Crippen LogP contribution in [-0.2, 0) is 6.42 Å². The summed E-state index contributed by atoms with van der Waals surface area (Å²) >= 11 is 0. The fraction of sp³-hybridized carbons (Fsp3) is 0.857. The van der Waals surface area contributed by atoms with Gasteiger partial charge in [-0.15, -0.1) is 0 Å². The Morgan fingerprint density at radius 2 is 1.85 bits per heavy atom. The van der Waals surface area contributed by atoms with E-state index in [2.05, 4.69) is 24.0 Å². The van der Waals surface area contributed by atoms with Crippen LogP contribution in [-0.4, -0.2) is 37.2 Å². The maximum Gasteiger partial charge on any atom is 0.0990 e. The highest BCUT2D eigenvalue weighted by atomic mass is 16.3. The van der Waals surface area contributed by atoms with Crippen LogP contribution in [0, 0.1) is 34.5 Å². The van der Waals surface area contributed by atoms with E-state index in [0.717, 1.165) is 37.8 Å². The van der Waals surface area contributed by atoms with Gasteiger partial charge in [0.05, 0.1) is 29.7 Å². The average molecular weight is 360 g/mol. The van der Waals surface area contributed by atoms with Gasteiger partial charge in [-0.25, -0.2) is 0 Å². The van der Waals surface area contributed by atoms with Crippen LogP contribution in [0.5, 0.6) is 0 Å². The van der Waals surface area contributed by atoms with Crippen LogP contribution >= 0.6 is 0 Å². The summed E-state index contributed by atoms with van der Waals surface area (Å²) in [7, 11) is 0. The fourth-order valence-corrected chi connectivity index (χ4v) is 7.83. The molecule has 0 aliphatic heterocycles. The van der Waals surface area contributed by atoms with Gasteiger partial charge in [0.15, 0.2) is 0 Å². The number of nitrogens with one attached hydrogen (secondary N) is 1. The van der Waals surface area contributed by atoms with Gasteiger partial charge in [-0.1, -0.05) is 13.8 Å². The molecule has 9 atom stereocenters. The Bertz CT molecular complexity index is 731. The molecule has 5 nitrogen and oxygen atoms in total. The van der Waals surface area contributed by atoms with Gasteiger partial charge in [0.25, 0.3) is 0 Å². The van der Waals surface area contributed by atoms with E-state index in [4.69, 9.17) is 0 Å². The Morgan fingerprint density at radius 1 is 1.08 bits per heavy atom. The van der Waals surface area contributed by atoms with Crippen LogP contribution in [0.2, 0.25) is 0 Å². The van der Waals surface area contributed by atoms with Crippen molar-refractivity contribution in [2.75, 3.05) is 0 Å². The molecule has 1 aromatic heterocycles. The van der Waals surface area contributed by atoms with E-state index >= 15 is 0 Å². The Labute approximate surface area is 155 Å². The van der Waals surface area contributed by atoms with Crippen molar-refractivity contribution in [2.45, 2.75) is 77.1 Å². The number of aromatic amines is 1. The molecule has 4 aliphatic carbocycles. The van der Waals surface area contributed by atoms with Crippen molar-refractivity contribution in [3.8, 4) is 0 Å². The molecule has 0 spiro atoms. The second-order valence-corrected chi connectivity index (χ2v) is 10.4. The first kappa shape index (κ1) is 17.2. The fourth-order valence-electron chi connectivity index (χ4n) is 7.83. The maximum atomic E-state index is 11.0. The zero-order valence-corrected chi connectivity index (χ0v) is 16.1. The third kappa shape index (κ3) is 1.85. The topological polar surface area (TPSA) is 89.4 Å². The predicted octanol–water partition coefficient (Wildman–Crippen LogP) is 2.58. The summed E-state index contributed by atoms with van der Waals surface area (Å²) in [5, 5.41) is 39.9. The van der Waals surface area contributed by atoms with Crippen LogP contribution in [0.1, 0.15) is 70.2 Å². The van der Waals surface area contributed by atoms with E-state index in [1.54, 1.807) is 0 Å². The molecular formula is C21H32N2O3. The molecule has 4 aliphatic rings. The lowest BCUT2D eigenvalue weighted by Gasteiger charge is -2.61. The lowest BCUT2D eigenvalue weighted by molar-refractivity contribution is -0.167. The summed E-state index contributed by atoms with van der Waals surface area (Å²) in [6, 6.07) is 0. The second-order valence-electron chi connectivity index (χ2n) is 10.4. The smallest absolute Gasteiger partial charge is 0.0990 e. The molecular weight excluding hydrogens is 328 g/mol. The van der Waals surface area contributed by atoms with E-state index in [9.17, 15) is 15.3 Å². The third-order valence-electron chi connectivity index (χ3n) is 9.61. The number of aromatic nitrogens is 2. The van der Waals surface area contributed by atoms with Crippen molar-refractivity contribution < 1.29 is 15.3 Å². The number of fused-ring (bicyclic) bond motifs is 6. The Hall–Kier alpha value is -0.910. The van der Waals surface area contributed by atoms with Crippen molar-refractivity contribution in [1.29, 1.82) is 0 Å². The van der Waals surface area contributed by atoms with Gasteiger partial charge >= 0.3 is 0 Å². The summed E-state index contributed by atoms with van der Waals surface area (Å²) in [5.74, 6) is 1.71. The first-order valence-corrected chi connectivity index (χ1v) is 10.3. The Balaban J connectivity index is 1.53. The molecule has 3 fully saturated rings. The monoisotopic (exact) mass is 360 g/mol. The summed E-state index contributed by atoms with van der Waals surface area (Å²) in [6.45, 7) is 6.41. The van der Waals surface area contributed by atoms with Crippen LogP contribution in [0.3, 0.4) is 0 Å². The number of aliphatic hydroxyl groups excluding tert-OH is 2. The van der Waals surface area contributed by atoms with Crippen molar-refractivity contribution in [3.05, 3.63) is 17.5 Å². The molecule has 0 bridgehead atoms. The minimum absolute atomic E-state index is 0.0694. The average Bonchev–Trinajstić information content (AvgIpc) is 3.10. The van der Waals surface area contributed by atoms with Gasteiger partial charge in [-0.05, 0) is 80.1 Å². The molecule has 26 heavy (non-hydrogen) atoms. The summed E-state index contributed by atoms with van der Waals surface area (Å²) in [4.78, 5) is 0. The number of hydrogen-bond donors (Lipinski definition) is 4. The predicted molar refractivity (Wildman–Crippen MR) is 97.1 cm³/mol. The zero-order chi connectivity index (χ0) is 18.5. The highest BCUT2D eigenvalue weighted by molar-refractivity contribution is 5.28. The zero-order valence-electron chi connectivity index (χ0n) is 16.1. The molecule has 4 N–H and O–H groups in total. The van der Waals surface area contributed by atoms with Crippen molar-refractivity contribution in [2.24, 2.45) is 34.5 Å². The van der Waals surface area contributed by atoms with Gasteiger partial charge in [-0.2, -0.15) is 5.10 Å². The van der Waals surface area contributed by atoms with E-state index in [-0.39, 0.29) is 16.7 Å². The van der Waals surface area contributed by atoms with Crippen LogP contribution in [0.25, 0.3) is 0 Å². The number of H-pyrrole nitrogens is 1. The SMILES string of the molecule is C[C@]12Cc3cn[nH]c3[C@H](O)[C@@H]1CC[C@@H]1[C@@H]2CC[C@@]2(C)[C@H]1C[C@H](O)[C@]2(C)O. The molecule has 3 saturated carbocycles. The van der Waals surface area contributed by atoms with E-state index in [1.807, 2.05) is 13.1 Å². The highest BCUT2D eigenvalue weighted by Gasteiger charge is 2.66. The summed E-state index contributed by atoms with van der Waals surface area (Å²) < 4.78 is 0. The van der Waals surface area contributed by atoms with Crippen LogP contribution in [0.4, 0.5) is 0 Å². The molecule has 0 saturated heterocycles. The molecule has 0 unspecified atom stereocenters. The Morgan fingerprint density at radius 3 is 2.62 bits per heavy atom. The molecule has 0 amide bonds. The normalized spacial score (nSPS) is 55.6. The van der Waals surface area contributed by atoms with Gasteiger partial charge in [0, 0.05) is 5.41 Å². The molecule has 0 aromatic carbocycles. The lowest BCUT2D eigenvalue weighted by Crippen LogP contribution is -2.57. The van der Waals surface area contributed by atoms with Crippen LogP contribution < -0.4 is 0 Å². The minimum atomic E-state index is -0.996. The number of aliphatic hydroxyl groups is 3. The van der Waals surface area contributed by atoms with Crippen LogP contribution in [0.15, 0.2) is 6.20 Å². The molecule has 1 heterocycles. The number of nitrogens with zero attached hydrogens (tertiary/aromatic N) is 1. The number of rotatable bonds is 0. The van der Waals surface area contributed by atoms with Gasteiger partial charge in [-0.3, -0.25) is 5.10 Å². The first-order valence-electron chi connectivity index (χ1n) is 10.3. The van der Waals surface area contributed by atoms with E-state index in [0.29, 0.717) is 24.2 Å². The van der Waals surface area contributed by atoms with Crippen molar-refractivity contribution >= 4 is 0 Å². The number of hydrogen-bond acceptors (Lipinski definition) is 4. The molecule has 1 aromatic rings. The molecule has 5 rings (SSSR count). The summed E-state index contributed by atoms with van der Waals surface area (Å²) in [6.07, 6.45) is 6.65. The standard InChI is InChI=1S/C21H32N2O3/c1-19-9-11-10-22-23-17(11)18(25)14(19)5-4-12-13(19)6-7-20(2)15(12)8-16(24)21(20,3)26/h10,12-16,18,24-26H,4-9H2,1-3H3,(H,22,23)/t12-,13+,14+,15+,16+,18-,19-,20+,21+/m1/s1. The van der Waals surface area contributed by atoms with Gasteiger partial charge < -0.3 is 15.3 Å². The molecule has 5 heteroatoms. The van der Waals surface area contributed by atoms with E-state index < -0.39 is 17.8 Å². The molecule has 144 valence electrons.